The largest absolute Gasteiger partial charge is 0.303 e. The first-order valence-corrected chi connectivity index (χ1v) is 9.99. The number of fused-ring (bicyclic) bond motifs is 1. The smallest absolute Gasteiger partial charge is 0.154 e. The minimum atomic E-state index is 0.728. The topological polar surface area (TPSA) is 33.4 Å². The van der Waals surface area contributed by atoms with Crippen molar-refractivity contribution in [3.63, 3.8) is 0 Å². The lowest BCUT2D eigenvalue weighted by molar-refractivity contribution is 0.225. The van der Waals surface area contributed by atoms with Crippen LogP contribution in [0.3, 0.4) is 0 Å². The molecule has 1 aliphatic heterocycles. The Bertz CT molecular complexity index is 867. The van der Waals surface area contributed by atoms with E-state index in [4.69, 9.17) is 16.7 Å². The molecule has 5 heteroatoms. The number of piperidine rings is 1. The molecule has 4 rings (SSSR count). The Kier molecular flexibility index (Phi) is 5.51. The molecule has 1 aromatic carbocycles. The van der Waals surface area contributed by atoms with Gasteiger partial charge in [-0.25, -0.2) is 9.50 Å². The van der Waals surface area contributed by atoms with Crippen molar-refractivity contribution in [3.05, 3.63) is 53.3 Å². The van der Waals surface area contributed by atoms with Crippen LogP contribution in [0.5, 0.6) is 0 Å². The van der Waals surface area contributed by atoms with E-state index in [0.29, 0.717) is 0 Å². The number of nitrogens with zero attached hydrogens (tertiary/aromatic N) is 4. The lowest BCUT2D eigenvalue weighted by atomic mass is 10.1. The molecule has 3 heterocycles. The molecule has 3 aromatic rings. The Morgan fingerprint density at radius 2 is 1.88 bits per heavy atom. The summed E-state index contributed by atoms with van der Waals surface area (Å²) in [6.45, 7) is 3.78. The second kappa shape index (κ2) is 8.19. The van der Waals surface area contributed by atoms with Gasteiger partial charge < -0.3 is 4.90 Å². The lowest BCUT2D eigenvalue weighted by Crippen LogP contribution is -2.30. The highest BCUT2D eigenvalue weighted by molar-refractivity contribution is 6.30. The van der Waals surface area contributed by atoms with E-state index in [9.17, 15) is 0 Å². The number of rotatable bonds is 6. The molecule has 0 bridgehead atoms. The molecule has 0 saturated carbocycles. The van der Waals surface area contributed by atoms with Crippen LogP contribution in [0.25, 0.3) is 16.9 Å². The number of benzene rings is 1. The Morgan fingerprint density at radius 3 is 2.73 bits per heavy atom. The molecule has 2 aromatic heterocycles. The normalized spacial score (nSPS) is 15.6. The van der Waals surface area contributed by atoms with E-state index in [2.05, 4.69) is 22.0 Å². The third-order valence-corrected chi connectivity index (χ3v) is 5.38. The van der Waals surface area contributed by atoms with Crippen molar-refractivity contribution in [3.8, 4) is 11.3 Å². The number of halogens is 1. The Balaban J connectivity index is 1.42. The summed E-state index contributed by atoms with van der Waals surface area (Å²) in [5.41, 5.74) is 4.02. The van der Waals surface area contributed by atoms with Gasteiger partial charge in [0.2, 0.25) is 0 Å². The van der Waals surface area contributed by atoms with Gasteiger partial charge in [-0.2, -0.15) is 5.10 Å². The average Bonchev–Trinajstić information content (AvgIpc) is 3.09. The van der Waals surface area contributed by atoms with Gasteiger partial charge in [-0.3, -0.25) is 0 Å². The molecule has 26 heavy (non-hydrogen) atoms. The zero-order chi connectivity index (χ0) is 17.8. The van der Waals surface area contributed by atoms with Crippen molar-refractivity contribution >= 4 is 17.2 Å². The third-order valence-electron chi connectivity index (χ3n) is 5.14. The number of aromatic nitrogens is 3. The Labute approximate surface area is 159 Å². The maximum absolute atomic E-state index is 6.14. The number of hydrogen-bond acceptors (Lipinski definition) is 3. The highest BCUT2D eigenvalue weighted by Gasteiger charge is 2.10. The van der Waals surface area contributed by atoms with E-state index >= 15 is 0 Å². The van der Waals surface area contributed by atoms with Crippen LogP contribution in [-0.4, -0.2) is 39.1 Å². The monoisotopic (exact) mass is 368 g/mol. The zero-order valence-corrected chi connectivity index (χ0v) is 15.8. The first-order chi connectivity index (χ1) is 12.8. The van der Waals surface area contributed by atoms with Gasteiger partial charge in [0, 0.05) is 10.6 Å². The summed E-state index contributed by atoms with van der Waals surface area (Å²) in [5.74, 6) is 0. The fourth-order valence-corrected chi connectivity index (χ4v) is 3.90. The van der Waals surface area contributed by atoms with Crippen LogP contribution in [0.1, 0.15) is 37.8 Å². The van der Waals surface area contributed by atoms with E-state index in [1.165, 1.54) is 51.7 Å². The Hall–Kier alpha value is -1.91. The molecule has 0 unspecified atom stereocenters. The maximum Gasteiger partial charge on any atom is 0.154 e. The summed E-state index contributed by atoms with van der Waals surface area (Å²) in [4.78, 5) is 7.08. The van der Waals surface area contributed by atoms with Gasteiger partial charge >= 0.3 is 0 Å². The molecule has 0 N–H and O–H groups in total. The predicted octanol–water partition coefficient (Wildman–Crippen LogP) is 4.86. The van der Waals surface area contributed by atoms with E-state index in [1.54, 1.807) is 0 Å². The second-order valence-electron chi connectivity index (χ2n) is 7.11. The molecule has 1 saturated heterocycles. The summed E-state index contributed by atoms with van der Waals surface area (Å²) in [7, 11) is 0. The molecular formula is C21H25ClN4. The van der Waals surface area contributed by atoms with Gasteiger partial charge in [0.15, 0.2) is 5.65 Å². The second-order valence-corrected chi connectivity index (χ2v) is 7.54. The third kappa shape index (κ3) is 4.08. The van der Waals surface area contributed by atoms with Gasteiger partial charge in [0.25, 0.3) is 0 Å². The minimum Gasteiger partial charge on any atom is -0.303 e. The van der Waals surface area contributed by atoms with Crippen LogP contribution < -0.4 is 0 Å². The van der Waals surface area contributed by atoms with E-state index in [-0.39, 0.29) is 0 Å². The SMILES string of the molecule is Clc1cccc(-c2cnc3ccc(CCCCN4CCCCC4)nn23)c1. The molecule has 0 amide bonds. The summed E-state index contributed by atoms with van der Waals surface area (Å²) < 4.78 is 1.94. The van der Waals surface area contributed by atoms with Gasteiger partial charge in [-0.15, -0.1) is 0 Å². The van der Waals surface area contributed by atoms with Gasteiger partial charge in [-0.05, 0) is 76.0 Å². The zero-order valence-electron chi connectivity index (χ0n) is 15.1. The van der Waals surface area contributed by atoms with Crippen molar-refractivity contribution in [1.29, 1.82) is 0 Å². The predicted molar refractivity (Wildman–Crippen MR) is 107 cm³/mol. The molecule has 0 aliphatic carbocycles. The van der Waals surface area contributed by atoms with Crippen LogP contribution in [0.4, 0.5) is 0 Å². The molecule has 0 atom stereocenters. The molecule has 1 aliphatic rings. The quantitative estimate of drug-likeness (QED) is 0.582. The first kappa shape index (κ1) is 17.5. The van der Waals surface area contributed by atoms with E-state index in [0.717, 1.165) is 34.0 Å². The number of likely N-dealkylation sites (tertiary alicyclic amines) is 1. The van der Waals surface area contributed by atoms with Crippen LogP contribution in [-0.2, 0) is 6.42 Å². The summed E-state index contributed by atoms with van der Waals surface area (Å²) >= 11 is 6.14. The highest BCUT2D eigenvalue weighted by Crippen LogP contribution is 2.23. The first-order valence-electron chi connectivity index (χ1n) is 9.61. The van der Waals surface area contributed by atoms with Crippen molar-refractivity contribution < 1.29 is 0 Å². The molecule has 136 valence electrons. The van der Waals surface area contributed by atoms with Gasteiger partial charge in [0.1, 0.15) is 0 Å². The fourth-order valence-electron chi connectivity index (χ4n) is 3.71. The summed E-state index contributed by atoms with van der Waals surface area (Å²) in [5, 5.41) is 5.55. The van der Waals surface area contributed by atoms with Crippen LogP contribution in [0.15, 0.2) is 42.6 Å². The minimum absolute atomic E-state index is 0.728. The van der Waals surface area contributed by atoms with Crippen LogP contribution in [0.2, 0.25) is 5.02 Å². The van der Waals surface area contributed by atoms with Gasteiger partial charge in [-0.1, -0.05) is 30.2 Å². The standard InChI is InChI=1S/C21H25ClN4/c22-18-8-6-7-17(15-18)20-16-23-21-11-10-19(24-26(20)21)9-2-5-14-25-12-3-1-4-13-25/h6-8,10-11,15-16H,1-5,9,12-14H2. The fraction of sp³-hybridized carbons (Fsp3) is 0.429. The van der Waals surface area contributed by atoms with Gasteiger partial charge in [0.05, 0.1) is 17.6 Å². The van der Waals surface area contributed by atoms with Crippen molar-refractivity contribution in [2.75, 3.05) is 19.6 Å². The van der Waals surface area contributed by atoms with E-state index in [1.807, 2.05) is 35.0 Å². The lowest BCUT2D eigenvalue weighted by Gasteiger charge is -2.26. The summed E-state index contributed by atoms with van der Waals surface area (Å²) in [6, 6.07) is 12.0. The average molecular weight is 369 g/mol. The highest BCUT2D eigenvalue weighted by atomic mass is 35.5. The molecule has 0 radical (unpaired) electrons. The van der Waals surface area contributed by atoms with Crippen LogP contribution >= 0.6 is 11.6 Å². The number of aryl methyl sites for hydroxylation is 1. The van der Waals surface area contributed by atoms with Crippen molar-refractivity contribution in [2.24, 2.45) is 0 Å². The number of hydrogen-bond donors (Lipinski definition) is 0. The Morgan fingerprint density at radius 1 is 1.00 bits per heavy atom. The molecule has 0 spiro atoms. The number of imidazole rings is 1. The van der Waals surface area contributed by atoms with E-state index < -0.39 is 0 Å². The van der Waals surface area contributed by atoms with Crippen molar-refractivity contribution in [1.82, 2.24) is 19.5 Å². The summed E-state index contributed by atoms with van der Waals surface area (Å²) in [6.07, 6.45) is 9.43. The number of unbranched alkanes of at least 4 members (excludes halogenated alkanes) is 1. The maximum atomic E-state index is 6.14. The molecule has 4 nitrogen and oxygen atoms in total. The molecular weight excluding hydrogens is 344 g/mol. The van der Waals surface area contributed by atoms with Crippen molar-refractivity contribution in [2.45, 2.75) is 38.5 Å². The molecule has 1 fully saturated rings. The van der Waals surface area contributed by atoms with Crippen LogP contribution in [0, 0.1) is 0 Å².